The van der Waals surface area contributed by atoms with E-state index in [0.717, 1.165) is 30.7 Å². The van der Waals surface area contributed by atoms with Crippen molar-refractivity contribution in [3.05, 3.63) is 29.8 Å². The molecule has 1 fully saturated rings. The van der Waals surface area contributed by atoms with Gasteiger partial charge in [-0.15, -0.1) is 0 Å². The number of carbonyl (C=O) groups excluding carboxylic acids is 1. The summed E-state index contributed by atoms with van der Waals surface area (Å²) in [7, 11) is 1.87. The van der Waals surface area contributed by atoms with Gasteiger partial charge in [-0.3, -0.25) is 4.79 Å². The molecule has 0 saturated carbocycles. The summed E-state index contributed by atoms with van der Waals surface area (Å²) >= 11 is 0. The molecule has 2 rings (SSSR count). The molecular weight excluding hydrogens is 264 g/mol. The number of piperidine rings is 1. The molecule has 1 aliphatic heterocycles. The van der Waals surface area contributed by atoms with Crippen LogP contribution in [0.5, 0.6) is 5.75 Å². The van der Waals surface area contributed by atoms with Crippen LogP contribution < -0.4 is 10.1 Å². The second-order valence-corrected chi connectivity index (χ2v) is 5.87. The Morgan fingerprint density at radius 3 is 2.90 bits per heavy atom. The molecule has 0 radical (unpaired) electrons. The topological polar surface area (TPSA) is 41.6 Å². The Labute approximate surface area is 127 Å². The normalized spacial score (nSPS) is 21.9. The van der Waals surface area contributed by atoms with Crippen molar-refractivity contribution >= 4 is 5.91 Å². The molecule has 1 aliphatic rings. The lowest BCUT2D eigenvalue weighted by molar-refractivity contribution is -0.133. The minimum Gasteiger partial charge on any atom is -0.494 e. The smallest absolute Gasteiger partial charge is 0.239 e. The Bertz CT molecular complexity index is 476. The molecule has 0 bridgehead atoms. The molecule has 1 saturated heterocycles. The maximum atomic E-state index is 12.5. The molecule has 4 nitrogen and oxygen atoms in total. The van der Waals surface area contributed by atoms with Gasteiger partial charge >= 0.3 is 0 Å². The summed E-state index contributed by atoms with van der Waals surface area (Å²) < 4.78 is 5.63. The molecule has 2 unspecified atom stereocenters. The Hall–Kier alpha value is -1.55. The van der Waals surface area contributed by atoms with E-state index >= 15 is 0 Å². The third kappa shape index (κ3) is 4.21. The highest BCUT2D eigenvalue weighted by Gasteiger charge is 2.27. The van der Waals surface area contributed by atoms with E-state index in [1.165, 1.54) is 0 Å². The quantitative estimate of drug-likeness (QED) is 0.905. The van der Waals surface area contributed by atoms with Crippen molar-refractivity contribution < 1.29 is 9.53 Å². The maximum Gasteiger partial charge on any atom is 0.239 e. The van der Waals surface area contributed by atoms with Gasteiger partial charge in [0.15, 0.2) is 0 Å². The van der Waals surface area contributed by atoms with Crippen LogP contribution in [0, 0.1) is 5.92 Å². The van der Waals surface area contributed by atoms with Gasteiger partial charge in [0, 0.05) is 19.2 Å². The summed E-state index contributed by atoms with van der Waals surface area (Å²) in [6.45, 7) is 6.34. The van der Waals surface area contributed by atoms with Crippen molar-refractivity contribution in [1.82, 2.24) is 10.2 Å². The summed E-state index contributed by atoms with van der Waals surface area (Å²) in [4.78, 5) is 14.3. The molecule has 1 heterocycles. The van der Waals surface area contributed by atoms with Crippen LogP contribution in [0.1, 0.15) is 32.3 Å². The molecular formula is C17H26N2O2. The lowest BCUT2D eigenvalue weighted by Crippen LogP contribution is -2.48. The van der Waals surface area contributed by atoms with Crippen LogP contribution in [0.4, 0.5) is 0 Å². The Kier molecular flexibility index (Phi) is 5.62. The standard InChI is InChI=1S/C17H26N2O2/c1-4-21-16-8-6-5-7-14(16)12-19(3)17(20)15-11-13(2)9-10-18-15/h5-8,13,15,18H,4,9-12H2,1-3H3. The molecule has 0 spiro atoms. The lowest BCUT2D eigenvalue weighted by atomic mass is 9.93. The zero-order valence-electron chi connectivity index (χ0n) is 13.3. The van der Waals surface area contributed by atoms with Crippen molar-refractivity contribution in [2.75, 3.05) is 20.2 Å². The third-order valence-electron chi connectivity index (χ3n) is 4.02. The first-order valence-electron chi connectivity index (χ1n) is 7.80. The van der Waals surface area contributed by atoms with Crippen LogP contribution in [0.2, 0.25) is 0 Å². The van der Waals surface area contributed by atoms with Crippen molar-refractivity contribution in [2.45, 2.75) is 39.3 Å². The average Bonchev–Trinajstić information content (AvgIpc) is 2.48. The van der Waals surface area contributed by atoms with Crippen LogP contribution in [-0.2, 0) is 11.3 Å². The second kappa shape index (κ2) is 7.46. The molecule has 0 aliphatic carbocycles. The van der Waals surface area contributed by atoms with Gasteiger partial charge in [0.1, 0.15) is 5.75 Å². The molecule has 116 valence electrons. The van der Waals surface area contributed by atoms with Gasteiger partial charge in [-0.2, -0.15) is 0 Å². The molecule has 2 atom stereocenters. The highest BCUT2D eigenvalue weighted by atomic mass is 16.5. The summed E-state index contributed by atoms with van der Waals surface area (Å²) in [5, 5.41) is 3.33. The fourth-order valence-electron chi connectivity index (χ4n) is 2.83. The van der Waals surface area contributed by atoms with E-state index in [9.17, 15) is 4.79 Å². The summed E-state index contributed by atoms with van der Waals surface area (Å²) in [6.07, 6.45) is 2.08. The number of ether oxygens (including phenoxy) is 1. The number of rotatable bonds is 5. The van der Waals surface area contributed by atoms with Gasteiger partial charge in [0.25, 0.3) is 0 Å². The largest absolute Gasteiger partial charge is 0.494 e. The number of para-hydroxylation sites is 1. The molecule has 1 aromatic carbocycles. The van der Waals surface area contributed by atoms with Gasteiger partial charge in [-0.25, -0.2) is 0 Å². The fourth-order valence-corrected chi connectivity index (χ4v) is 2.83. The third-order valence-corrected chi connectivity index (χ3v) is 4.02. The van der Waals surface area contributed by atoms with E-state index in [1.807, 2.05) is 38.2 Å². The van der Waals surface area contributed by atoms with Crippen LogP contribution in [0.25, 0.3) is 0 Å². The first kappa shape index (κ1) is 15.8. The van der Waals surface area contributed by atoms with Crippen molar-refractivity contribution in [3.8, 4) is 5.75 Å². The van der Waals surface area contributed by atoms with Crippen molar-refractivity contribution in [3.63, 3.8) is 0 Å². The Morgan fingerprint density at radius 2 is 2.19 bits per heavy atom. The van der Waals surface area contributed by atoms with E-state index in [4.69, 9.17) is 4.74 Å². The van der Waals surface area contributed by atoms with E-state index in [1.54, 1.807) is 4.90 Å². The van der Waals surface area contributed by atoms with Crippen molar-refractivity contribution in [1.29, 1.82) is 0 Å². The number of amides is 1. The minimum atomic E-state index is -0.0435. The minimum absolute atomic E-state index is 0.0435. The number of nitrogens with one attached hydrogen (secondary N) is 1. The van der Waals surface area contributed by atoms with Crippen LogP contribution in [0.15, 0.2) is 24.3 Å². The van der Waals surface area contributed by atoms with Gasteiger partial charge < -0.3 is 15.0 Å². The second-order valence-electron chi connectivity index (χ2n) is 5.87. The SMILES string of the molecule is CCOc1ccccc1CN(C)C(=O)C1CC(C)CCN1. The van der Waals surface area contributed by atoms with Crippen molar-refractivity contribution in [2.24, 2.45) is 5.92 Å². The summed E-state index contributed by atoms with van der Waals surface area (Å²) in [5.74, 6) is 1.65. The lowest BCUT2D eigenvalue weighted by Gasteiger charge is -2.30. The van der Waals surface area contributed by atoms with E-state index in [-0.39, 0.29) is 11.9 Å². The van der Waals surface area contributed by atoms with Crippen LogP contribution >= 0.6 is 0 Å². The number of nitrogens with zero attached hydrogens (tertiary/aromatic N) is 1. The highest BCUT2D eigenvalue weighted by molar-refractivity contribution is 5.81. The van der Waals surface area contributed by atoms with Gasteiger partial charge in [0.05, 0.1) is 12.6 Å². The van der Waals surface area contributed by atoms with E-state index in [2.05, 4.69) is 12.2 Å². The Balaban J connectivity index is 2.00. The maximum absolute atomic E-state index is 12.5. The predicted molar refractivity (Wildman–Crippen MR) is 84.3 cm³/mol. The number of benzene rings is 1. The summed E-state index contributed by atoms with van der Waals surface area (Å²) in [6, 6.07) is 7.87. The zero-order valence-corrected chi connectivity index (χ0v) is 13.3. The van der Waals surface area contributed by atoms with Crippen LogP contribution in [0.3, 0.4) is 0 Å². The van der Waals surface area contributed by atoms with Gasteiger partial charge in [-0.05, 0) is 38.3 Å². The number of carbonyl (C=O) groups is 1. The zero-order chi connectivity index (χ0) is 15.2. The molecule has 0 aromatic heterocycles. The monoisotopic (exact) mass is 290 g/mol. The summed E-state index contributed by atoms with van der Waals surface area (Å²) in [5.41, 5.74) is 1.05. The highest BCUT2D eigenvalue weighted by Crippen LogP contribution is 2.21. The number of hydrogen-bond donors (Lipinski definition) is 1. The first-order valence-corrected chi connectivity index (χ1v) is 7.80. The molecule has 1 amide bonds. The molecule has 1 N–H and O–H groups in total. The number of likely N-dealkylation sites (N-methyl/N-ethyl adjacent to an activating group) is 1. The average molecular weight is 290 g/mol. The van der Waals surface area contributed by atoms with E-state index < -0.39 is 0 Å². The number of hydrogen-bond acceptors (Lipinski definition) is 3. The van der Waals surface area contributed by atoms with E-state index in [0.29, 0.717) is 19.1 Å². The van der Waals surface area contributed by atoms with Gasteiger partial charge in [0.2, 0.25) is 5.91 Å². The molecule has 21 heavy (non-hydrogen) atoms. The predicted octanol–water partition coefficient (Wildman–Crippen LogP) is 2.43. The Morgan fingerprint density at radius 1 is 1.43 bits per heavy atom. The van der Waals surface area contributed by atoms with Crippen LogP contribution in [-0.4, -0.2) is 37.0 Å². The molecule has 4 heteroatoms. The first-order chi connectivity index (χ1) is 10.1. The van der Waals surface area contributed by atoms with Gasteiger partial charge in [-0.1, -0.05) is 25.1 Å². The molecule has 1 aromatic rings. The fraction of sp³-hybridized carbons (Fsp3) is 0.588.